The van der Waals surface area contributed by atoms with Gasteiger partial charge in [0.05, 0.1) is 0 Å². The predicted molar refractivity (Wildman–Crippen MR) is 124 cm³/mol. The van der Waals surface area contributed by atoms with Crippen LogP contribution in [0.25, 0.3) is 11.5 Å². The number of nitrogens with zero attached hydrogens (tertiary/aromatic N) is 5. The summed E-state index contributed by atoms with van der Waals surface area (Å²) < 4.78 is 5.52. The fourth-order valence-electron chi connectivity index (χ4n) is 4.40. The molecule has 1 fully saturated rings. The van der Waals surface area contributed by atoms with Gasteiger partial charge in [-0.3, -0.25) is 9.59 Å². The Morgan fingerprint density at radius 2 is 2.18 bits per heavy atom. The van der Waals surface area contributed by atoms with Crippen LogP contribution in [-0.2, 0) is 0 Å². The summed E-state index contributed by atoms with van der Waals surface area (Å²) in [4.78, 5) is 42.8. The first-order valence-electron chi connectivity index (χ1n) is 11.1. The van der Waals surface area contributed by atoms with Crippen molar-refractivity contribution in [2.75, 3.05) is 41.8 Å². The minimum atomic E-state index is -0.321. The van der Waals surface area contributed by atoms with Crippen molar-refractivity contribution in [1.29, 1.82) is 0 Å². The van der Waals surface area contributed by atoms with E-state index in [0.717, 1.165) is 25.1 Å². The number of amides is 2. The first-order chi connectivity index (χ1) is 16.1. The number of oxazole rings is 1. The van der Waals surface area contributed by atoms with E-state index in [1.54, 1.807) is 11.1 Å². The Balaban J connectivity index is 1.52. The molecular weight excluding hydrogens is 422 g/mol. The number of aromatic nitrogens is 3. The Morgan fingerprint density at radius 1 is 1.30 bits per heavy atom. The lowest BCUT2D eigenvalue weighted by Gasteiger charge is -2.27. The molecule has 2 aromatic heterocycles. The Kier molecular flexibility index (Phi) is 5.41. The smallest absolute Gasteiger partial charge is 0.272 e. The van der Waals surface area contributed by atoms with Gasteiger partial charge in [-0.2, -0.15) is 4.98 Å². The second-order valence-electron chi connectivity index (χ2n) is 8.03. The molecule has 1 saturated heterocycles. The molecule has 2 N–H and O–H groups in total. The van der Waals surface area contributed by atoms with Gasteiger partial charge in [0.1, 0.15) is 17.6 Å². The third-order valence-electron chi connectivity index (χ3n) is 5.99. The van der Waals surface area contributed by atoms with E-state index in [1.807, 2.05) is 31.2 Å². The molecule has 0 radical (unpaired) electrons. The number of hydrogen-bond donors (Lipinski definition) is 2. The molecule has 10 nitrogen and oxygen atoms in total. The van der Waals surface area contributed by atoms with Crippen LogP contribution in [0, 0.1) is 0 Å². The largest absolute Gasteiger partial charge is 0.444 e. The number of hydrogen-bond acceptors (Lipinski definition) is 8. The normalized spacial score (nSPS) is 17.4. The maximum atomic E-state index is 13.6. The highest BCUT2D eigenvalue weighted by Crippen LogP contribution is 2.35. The fourth-order valence-corrected chi connectivity index (χ4v) is 4.40. The third-order valence-corrected chi connectivity index (χ3v) is 5.99. The van der Waals surface area contributed by atoms with Crippen LogP contribution in [0.4, 0.5) is 17.5 Å². The van der Waals surface area contributed by atoms with E-state index < -0.39 is 0 Å². The molecule has 0 bridgehead atoms. The van der Waals surface area contributed by atoms with Gasteiger partial charge in [-0.25, -0.2) is 9.97 Å². The minimum Gasteiger partial charge on any atom is -0.444 e. The maximum absolute atomic E-state index is 13.6. The van der Waals surface area contributed by atoms with E-state index in [-0.39, 0.29) is 23.6 Å². The SMILES string of the molecule is CCNc1ncc2c(n1)N1CCC[C@H]1CN(c1cccc(-c3nc(C(=O)NC)co3)c1)C2=O. The van der Waals surface area contributed by atoms with Gasteiger partial charge in [0.15, 0.2) is 5.69 Å². The fraction of sp³-hybridized carbons (Fsp3) is 0.348. The molecule has 170 valence electrons. The Bertz CT molecular complexity index is 1210. The van der Waals surface area contributed by atoms with Crippen LogP contribution >= 0.6 is 0 Å². The van der Waals surface area contributed by atoms with Crippen LogP contribution in [0.1, 0.15) is 40.6 Å². The average molecular weight is 447 g/mol. The van der Waals surface area contributed by atoms with E-state index in [9.17, 15) is 9.59 Å². The van der Waals surface area contributed by atoms with Crippen LogP contribution in [-0.4, -0.2) is 59.5 Å². The second-order valence-corrected chi connectivity index (χ2v) is 8.03. The number of benzene rings is 1. The summed E-state index contributed by atoms with van der Waals surface area (Å²) in [7, 11) is 1.54. The van der Waals surface area contributed by atoms with Crippen molar-refractivity contribution < 1.29 is 14.0 Å². The predicted octanol–water partition coefficient (Wildman–Crippen LogP) is 2.55. The van der Waals surface area contributed by atoms with Crippen LogP contribution in [0.2, 0.25) is 0 Å². The molecule has 4 heterocycles. The standard InChI is InChI=1S/C23H25N7O3/c1-3-25-23-26-11-17-19(28-23)29-9-5-8-16(29)12-30(22(17)32)15-7-4-6-14(10-15)21-27-18(13-33-21)20(31)24-2/h4,6-7,10-11,13,16H,3,5,8-9,12H2,1-2H3,(H,24,31)(H,25,26,28)/t16-/m0/s1. The zero-order chi connectivity index (χ0) is 22.9. The van der Waals surface area contributed by atoms with E-state index in [0.29, 0.717) is 41.9 Å². The lowest BCUT2D eigenvalue weighted by molar-refractivity contribution is 0.0956. The Hall–Kier alpha value is -3.95. The molecule has 0 aliphatic carbocycles. The highest BCUT2D eigenvalue weighted by atomic mass is 16.3. The van der Waals surface area contributed by atoms with Crippen LogP contribution in [0.15, 0.2) is 41.1 Å². The monoisotopic (exact) mass is 447 g/mol. The Morgan fingerprint density at radius 3 is 3.00 bits per heavy atom. The van der Waals surface area contributed by atoms with Crippen molar-refractivity contribution in [3.05, 3.63) is 48.0 Å². The van der Waals surface area contributed by atoms with Gasteiger partial charge in [-0.1, -0.05) is 6.07 Å². The molecule has 33 heavy (non-hydrogen) atoms. The quantitative estimate of drug-likeness (QED) is 0.613. The zero-order valence-electron chi connectivity index (χ0n) is 18.5. The number of carbonyl (C=O) groups excluding carboxylic acids is 2. The van der Waals surface area contributed by atoms with E-state index in [4.69, 9.17) is 4.42 Å². The molecule has 0 unspecified atom stereocenters. The van der Waals surface area contributed by atoms with Gasteiger partial charge in [-0.05, 0) is 38.0 Å². The minimum absolute atomic E-state index is 0.141. The van der Waals surface area contributed by atoms with Crippen LogP contribution in [0.5, 0.6) is 0 Å². The Labute approximate surface area is 191 Å². The van der Waals surface area contributed by atoms with Crippen molar-refractivity contribution >= 4 is 29.3 Å². The first kappa shape index (κ1) is 20.9. The molecular formula is C23H25N7O3. The number of nitrogens with one attached hydrogen (secondary N) is 2. The summed E-state index contributed by atoms with van der Waals surface area (Å²) in [6.07, 6.45) is 4.97. The highest BCUT2D eigenvalue weighted by molar-refractivity contribution is 6.10. The molecule has 3 aromatic rings. The van der Waals surface area contributed by atoms with E-state index in [1.165, 1.54) is 13.3 Å². The topological polar surface area (TPSA) is 116 Å². The summed E-state index contributed by atoms with van der Waals surface area (Å²) in [5.74, 6) is 1.08. The molecule has 2 aliphatic heterocycles. The summed E-state index contributed by atoms with van der Waals surface area (Å²) >= 11 is 0. The van der Waals surface area contributed by atoms with Crippen LogP contribution < -0.4 is 20.4 Å². The van der Waals surface area contributed by atoms with Crippen molar-refractivity contribution in [2.24, 2.45) is 0 Å². The lowest BCUT2D eigenvalue weighted by Crippen LogP contribution is -2.39. The van der Waals surface area contributed by atoms with Crippen molar-refractivity contribution in [3.8, 4) is 11.5 Å². The average Bonchev–Trinajstić information content (AvgIpc) is 3.50. The molecule has 0 spiro atoms. The van der Waals surface area contributed by atoms with Gasteiger partial charge >= 0.3 is 0 Å². The lowest BCUT2D eigenvalue weighted by atomic mass is 10.1. The van der Waals surface area contributed by atoms with Gasteiger partial charge in [-0.15, -0.1) is 0 Å². The molecule has 1 atom stereocenters. The molecule has 5 rings (SSSR count). The van der Waals surface area contributed by atoms with Crippen LogP contribution in [0.3, 0.4) is 0 Å². The number of carbonyl (C=O) groups is 2. The summed E-state index contributed by atoms with van der Waals surface area (Å²) in [5, 5.41) is 5.66. The third kappa shape index (κ3) is 3.77. The molecule has 2 amide bonds. The molecule has 1 aromatic carbocycles. The molecule has 10 heteroatoms. The number of anilines is 3. The summed E-state index contributed by atoms with van der Waals surface area (Å²) in [5.41, 5.74) is 2.10. The first-order valence-corrected chi connectivity index (χ1v) is 11.1. The van der Waals surface area contributed by atoms with Gasteiger partial charge in [0, 0.05) is 50.2 Å². The molecule has 0 saturated carbocycles. The van der Waals surface area contributed by atoms with E-state index >= 15 is 0 Å². The molecule has 2 aliphatic rings. The van der Waals surface area contributed by atoms with E-state index in [2.05, 4.69) is 30.5 Å². The second kappa shape index (κ2) is 8.53. The number of fused-ring (bicyclic) bond motifs is 3. The highest BCUT2D eigenvalue weighted by Gasteiger charge is 2.37. The number of rotatable bonds is 5. The zero-order valence-corrected chi connectivity index (χ0v) is 18.5. The van der Waals surface area contributed by atoms with Gasteiger partial charge in [0.25, 0.3) is 11.8 Å². The summed E-state index contributed by atoms with van der Waals surface area (Å²) in [6, 6.07) is 7.61. The van der Waals surface area contributed by atoms with Gasteiger partial charge in [0.2, 0.25) is 11.8 Å². The maximum Gasteiger partial charge on any atom is 0.272 e. The van der Waals surface area contributed by atoms with Crippen molar-refractivity contribution in [1.82, 2.24) is 20.3 Å². The van der Waals surface area contributed by atoms with Crippen molar-refractivity contribution in [3.63, 3.8) is 0 Å². The summed E-state index contributed by atoms with van der Waals surface area (Å²) in [6.45, 7) is 4.10. The van der Waals surface area contributed by atoms with Crippen molar-refractivity contribution in [2.45, 2.75) is 25.8 Å². The van der Waals surface area contributed by atoms with Gasteiger partial charge < -0.3 is 24.9 Å².